The Hall–Kier alpha value is -0.120. The van der Waals surface area contributed by atoms with Crippen LogP contribution < -0.4 is 16.8 Å². The van der Waals surface area contributed by atoms with Gasteiger partial charge in [0.1, 0.15) is 0 Å². The molecule has 0 aliphatic rings. The average molecular weight is 145 g/mol. The molecule has 0 rings (SSSR count). The van der Waals surface area contributed by atoms with E-state index in [9.17, 15) is 0 Å². The van der Waals surface area contributed by atoms with Gasteiger partial charge in [0.05, 0.1) is 0 Å². The molecule has 0 aliphatic carbocycles. The SMILES string of the molecule is CC(C)NC(CN)CCN. The maximum atomic E-state index is 5.49. The van der Waals surface area contributed by atoms with E-state index >= 15 is 0 Å². The van der Waals surface area contributed by atoms with Gasteiger partial charge < -0.3 is 16.8 Å². The lowest BCUT2D eigenvalue weighted by molar-refractivity contribution is 0.449. The molecule has 0 aliphatic heterocycles. The Morgan fingerprint density at radius 2 is 1.90 bits per heavy atom. The Kier molecular flexibility index (Phi) is 5.58. The molecule has 0 aromatic carbocycles. The Bertz CT molecular complexity index is 73.3. The first kappa shape index (κ1) is 9.88. The van der Waals surface area contributed by atoms with Gasteiger partial charge in [-0.1, -0.05) is 13.8 Å². The minimum Gasteiger partial charge on any atom is -0.330 e. The van der Waals surface area contributed by atoms with Crippen molar-refractivity contribution >= 4 is 0 Å². The van der Waals surface area contributed by atoms with Gasteiger partial charge in [0.2, 0.25) is 0 Å². The van der Waals surface area contributed by atoms with Crippen LogP contribution in [0, 0.1) is 0 Å². The van der Waals surface area contributed by atoms with Crippen LogP contribution in [-0.4, -0.2) is 25.2 Å². The van der Waals surface area contributed by atoms with E-state index in [0.29, 0.717) is 25.2 Å². The molecule has 0 saturated heterocycles. The Morgan fingerprint density at radius 3 is 2.20 bits per heavy atom. The van der Waals surface area contributed by atoms with E-state index in [-0.39, 0.29) is 0 Å². The molecule has 0 aromatic heterocycles. The highest BCUT2D eigenvalue weighted by Gasteiger charge is 2.04. The van der Waals surface area contributed by atoms with Crippen LogP contribution in [0.1, 0.15) is 20.3 Å². The van der Waals surface area contributed by atoms with E-state index in [1.54, 1.807) is 0 Å². The molecule has 62 valence electrons. The maximum Gasteiger partial charge on any atom is 0.0204 e. The minimum absolute atomic E-state index is 0.394. The third kappa shape index (κ3) is 4.73. The highest BCUT2D eigenvalue weighted by Crippen LogP contribution is 1.89. The van der Waals surface area contributed by atoms with Crippen LogP contribution in [0.2, 0.25) is 0 Å². The van der Waals surface area contributed by atoms with Gasteiger partial charge in [0, 0.05) is 18.6 Å². The van der Waals surface area contributed by atoms with Crippen LogP contribution in [0.3, 0.4) is 0 Å². The van der Waals surface area contributed by atoms with Gasteiger partial charge in [-0.25, -0.2) is 0 Å². The fourth-order valence-corrected chi connectivity index (χ4v) is 0.942. The Labute approximate surface area is 63.2 Å². The normalized spacial score (nSPS) is 14.1. The van der Waals surface area contributed by atoms with E-state index in [0.717, 1.165) is 6.42 Å². The molecule has 0 saturated carbocycles. The largest absolute Gasteiger partial charge is 0.330 e. The van der Waals surface area contributed by atoms with Gasteiger partial charge in [0.15, 0.2) is 0 Å². The molecule has 3 nitrogen and oxygen atoms in total. The summed E-state index contributed by atoms with van der Waals surface area (Å²) in [6.07, 6.45) is 0.967. The fraction of sp³-hybridized carbons (Fsp3) is 1.00. The highest BCUT2D eigenvalue weighted by molar-refractivity contribution is 4.69. The lowest BCUT2D eigenvalue weighted by atomic mass is 10.2. The second-order valence-electron chi connectivity index (χ2n) is 2.83. The molecule has 0 radical (unpaired) electrons. The molecule has 0 aromatic rings. The molecule has 0 heterocycles. The van der Waals surface area contributed by atoms with Gasteiger partial charge in [-0.2, -0.15) is 0 Å². The summed E-state index contributed by atoms with van der Waals surface area (Å²) in [5, 5.41) is 3.33. The first-order chi connectivity index (χ1) is 4.70. The molecule has 0 fully saturated rings. The number of rotatable bonds is 5. The minimum atomic E-state index is 0.394. The summed E-state index contributed by atoms with van der Waals surface area (Å²) in [5.41, 5.74) is 10.9. The van der Waals surface area contributed by atoms with Gasteiger partial charge >= 0.3 is 0 Å². The van der Waals surface area contributed by atoms with E-state index in [4.69, 9.17) is 11.5 Å². The first-order valence-electron chi connectivity index (χ1n) is 3.87. The lowest BCUT2D eigenvalue weighted by Crippen LogP contribution is -2.41. The summed E-state index contributed by atoms with van der Waals surface area (Å²) in [6, 6.07) is 0.894. The zero-order valence-electron chi connectivity index (χ0n) is 6.93. The quantitative estimate of drug-likeness (QED) is 0.496. The van der Waals surface area contributed by atoms with E-state index < -0.39 is 0 Å². The Balaban J connectivity index is 3.39. The zero-order chi connectivity index (χ0) is 7.98. The second-order valence-corrected chi connectivity index (χ2v) is 2.83. The van der Waals surface area contributed by atoms with Crippen molar-refractivity contribution < 1.29 is 0 Å². The molecule has 3 heteroatoms. The standard InChI is InChI=1S/C7H19N3/c1-6(2)10-7(5-9)3-4-8/h6-7,10H,3-5,8-9H2,1-2H3. The van der Waals surface area contributed by atoms with Crippen LogP contribution in [0.15, 0.2) is 0 Å². The maximum absolute atomic E-state index is 5.49. The van der Waals surface area contributed by atoms with Crippen LogP contribution in [0.5, 0.6) is 0 Å². The van der Waals surface area contributed by atoms with Gasteiger partial charge in [0.25, 0.3) is 0 Å². The van der Waals surface area contributed by atoms with Crippen LogP contribution in [0.25, 0.3) is 0 Å². The van der Waals surface area contributed by atoms with Crippen LogP contribution in [-0.2, 0) is 0 Å². The molecular formula is C7H19N3. The number of nitrogens with two attached hydrogens (primary N) is 2. The van der Waals surface area contributed by atoms with Gasteiger partial charge in [-0.05, 0) is 13.0 Å². The number of hydrogen-bond donors (Lipinski definition) is 3. The fourth-order valence-electron chi connectivity index (χ4n) is 0.942. The molecule has 5 N–H and O–H groups in total. The van der Waals surface area contributed by atoms with Crippen molar-refractivity contribution in [2.24, 2.45) is 11.5 Å². The van der Waals surface area contributed by atoms with Crippen LogP contribution >= 0.6 is 0 Å². The highest BCUT2D eigenvalue weighted by atomic mass is 15.0. The molecule has 1 atom stereocenters. The molecule has 10 heavy (non-hydrogen) atoms. The zero-order valence-corrected chi connectivity index (χ0v) is 6.93. The van der Waals surface area contributed by atoms with Crippen molar-refractivity contribution in [3.05, 3.63) is 0 Å². The molecule has 0 amide bonds. The smallest absolute Gasteiger partial charge is 0.0204 e. The van der Waals surface area contributed by atoms with E-state index in [1.165, 1.54) is 0 Å². The van der Waals surface area contributed by atoms with E-state index in [1.807, 2.05) is 0 Å². The summed E-state index contributed by atoms with van der Waals surface area (Å²) in [5.74, 6) is 0. The predicted octanol–water partition coefficient (Wildman–Crippen LogP) is -0.339. The topological polar surface area (TPSA) is 64.1 Å². The van der Waals surface area contributed by atoms with Gasteiger partial charge in [-0.3, -0.25) is 0 Å². The molecule has 0 bridgehead atoms. The van der Waals surface area contributed by atoms with Crippen LogP contribution in [0.4, 0.5) is 0 Å². The predicted molar refractivity (Wildman–Crippen MR) is 44.8 cm³/mol. The molecule has 0 spiro atoms. The van der Waals surface area contributed by atoms with Crippen molar-refractivity contribution in [1.82, 2.24) is 5.32 Å². The summed E-state index contributed by atoms with van der Waals surface area (Å²) >= 11 is 0. The van der Waals surface area contributed by atoms with Crippen molar-refractivity contribution in [1.29, 1.82) is 0 Å². The molecule has 1 unspecified atom stereocenters. The van der Waals surface area contributed by atoms with Gasteiger partial charge in [-0.15, -0.1) is 0 Å². The Morgan fingerprint density at radius 1 is 1.30 bits per heavy atom. The summed E-state index contributed by atoms with van der Waals surface area (Å²) in [7, 11) is 0. The lowest BCUT2D eigenvalue weighted by Gasteiger charge is -2.18. The third-order valence-electron chi connectivity index (χ3n) is 1.37. The van der Waals surface area contributed by atoms with Crippen molar-refractivity contribution in [2.75, 3.05) is 13.1 Å². The summed E-state index contributed by atoms with van der Waals surface area (Å²) in [4.78, 5) is 0. The van der Waals surface area contributed by atoms with E-state index in [2.05, 4.69) is 19.2 Å². The summed E-state index contributed by atoms with van der Waals surface area (Å²) < 4.78 is 0. The number of hydrogen-bond acceptors (Lipinski definition) is 3. The third-order valence-corrected chi connectivity index (χ3v) is 1.37. The molecular weight excluding hydrogens is 126 g/mol. The first-order valence-corrected chi connectivity index (χ1v) is 3.87. The average Bonchev–Trinajstić information content (AvgIpc) is 1.86. The van der Waals surface area contributed by atoms with Crippen molar-refractivity contribution in [3.8, 4) is 0 Å². The monoisotopic (exact) mass is 145 g/mol. The summed E-state index contributed by atoms with van der Waals surface area (Å²) in [6.45, 7) is 5.61. The van der Waals surface area contributed by atoms with Crippen molar-refractivity contribution in [3.63, 3.8) is 0 Å². The second kappa shape index (κ2) is 5.65. The number of nitrogens with one attached hydrogen (secondary N) is 1. The van der Waals surface area contributed by atoms with Crippen molar-refractivity contribution in [2.45, 2.75) is 32.4 Å².